The van der Waals surface area contributed by atoms with Crippen molar-refractivity contribution in [3.8, 4) is 0 Å². The summed E-state index contributed by atoms with van der Waals surface area (Å²) in [7, 11) is -4.33. The van der Waals surface area contributed by atoms with Gasteiger partial charge in [0.15, 0.2) is 0 Å². The predicted octanol–water partition coefficient (Wildman–Crippen LogP) is 4.70. The maximum atomic E-state index is 6.47. The fourth-order valence-electron chi connectivity index (χ4n) is 2.60. The Bertz CT molecular complexity index is 235. The molecular formula is C12H32ClNOSi3. The highest BCUT2D eigenvalue weighted by atomic mass is 35.6. The maximum absolute atomic E-state index is 6.47. The van der Waals surface area contributed by atoms with Crippen molar-refractivity contribution >= 4 is 35.2 Å². The number of halogens is 1. The Hall–Kier alpha value is 0.861. The summed E-state index contributed by atoms with van der Waals surface area (Å²) in [4.78, 5) is 0. The van der Waals surface area contributed by atoms with E-state index in [0.717, 1.165) is 12.7 Å². The van der Waals surface area contributed by atoms with E-state index in [2.05, 4.69) is 50.1 Å². The average Bonchev–Trinajstić information content (AvgIpc) is 2.07. The minimum atomic E-state index is -1.91. The fourth-order valence-corrected chi connectivity index (χ4v) is 14.6. The van der Waals surface area contributed by atoms with Crippen LogP contribution in [0.25, 0.3) is 0 Å². The van der Waals surface area contributed by atoms with E-state index in [9.17, 15) is 0 Å². The van der Waals surface area contributed by atoms with E-state index in [-0.39, 0.29) is 0 Å². The summed E-state index contributed by atoms with van der Waals surface area (Å²) in [6.45, 7) is 20.8. The second kappa shape index (κ2) is 7.04. The van der Waals surface area contributed by atoms with Crippen molar-refractivity contribution in [2.45, 2.75) is 65.2 Å². The topological polar surface area (TPSA) is 12.5 Å². The summed E-state index contributed by atoms with van der Waals surface area (Å²) >= 11 is 6.47. The third kappa shape index (κ3) is 7.45. The van der Waals surface area contributed by atoms with E-state index in [4.69, 9.17) is 15.5 Å². The van der Waals surface area contributed by atoms with Crippen molar-refractivity contribution in [1.29, 1.82) is 0 Å². The average molecular weight is 326 g/mol. The molecule has 0 amide bonds. The third-order valence-electron chi connectivity index (χ3n) is 3.07. The first-order valence-electron chi connectivity index (χ1n) is 7.01. The van der Waals surface area contributed by atoms with Crippen LogP contribution in [-0.4, -0.2) is 41.5 Å². The van der Waals surface area contributed by atoms with Gasteiger partial charge < -0.3 is 8.66 Å². The van der Waals surface area contributed by atoms with Crippen LogP contribution < -0.4 is 0 Å². The number of rotatable bonds is 8. The van der Waals surface area contributed by atoms with Gasteiger partial charge in [0.2, 0.25) is 0 Å². The molecule has 0 aliphatic rings. The van der Waals surface area contributed by atoms with Crippen LogP contribution in [0, 0.1) is 0 Å². The molecule has 2 nitrogen and oxygen atoms in total. The molecule has 110 valence electrons. The molecule has 0 aliphatic carbocycles. The summed E-state index contributed by atoms with van der Waals surface area (Å²) in [5.41, 5.74) is 0. The van der Waals surface area contributed by atoms with Crippen LogP contribution in [0.4, 0.5) is 0 Å². The molecule has 0 radical (unpaired) electrons. The molecule has 0 aromatic heterocycles. The summed E-state index contributed by atoms with van der Waals surface area (Å²) in [6, 6.07) is 1.06. The molecule has 0 N–H and O–H groups in total. The second-order valence-electron chi connectivity index (χ2n) is 7.13. The van der Waals surface area contributed by atoms with Crippen molar-refractivity contribution in [2.24, 2.45) is 0 Å². The van der Waals surface area contributed by atoms with E-state index >= 15 is 0 Å². The van der Waals surface area contributed by atoms with E-state index in [1.807, 2.05) is 6.92 Å². The van der Waals surface area contributed by atoms with Gasteiger partial charge >= 0.3 is 0 Å². The first kappa shape index (κ1) is 18.9. The van der Waals surface area contributed by atoms with Gasteiger partial charge in [-0.3, -0.25) is 0 Å². The van der Waals surface area contributed by atoms with Gasteiger partial charge in [-0.25, -0.2) is 0 Å². The smallest absolute Gasteiger partial charge is 0.287 e. The Morgan fingerprint density at radius 3 is 1.72 bits per heavy atom. The fraction of sp³-hybridized carbons (Fsp3) is 1.00. The van der Waals surface area contributed by atoms with E-state index < -0.39 is 24.1 Å². The molecule has 0 saturated carbocycles. The van der Waals surface area contributed by atoms with Crippen LogP contribution in [0.15, 0.2) is 0 Å². The van der Waals surface area contributed by atoms with Crippen molar-refractivity contribution in [3.63, 3.8) is 0 Å². The monoisotopic (exact) mass is 325 g/mol. The first-order chi connectivity index (χ1) is 7.90. The number of hydrogen-bond acceptors (Lipinski definition) is 2. The Morgan fingerprint density at radius 1 is 0.944 bits per heavy atom. The van der Waals surface area contributed by atoms with E-state index in [1.165, 1.54) is 13.0 Å². The first-order valence-corrected chi connectivity index (χ1v) is 17.5. The van der Waals surface area contributed by atoms with Gasteiger partial charge in [0.05, 0.1) is 0 Å². The Labute approximate surface area is 122 Å². The highest BCUT2D eigenvalue weighted by Gasteiger charge is 2.34. The molecular weight excluding hydrogens is 294 g/mol. The molecule has 0 aromatic rings. The van der Waals surface area contributed by atoms with E-state index in [0.29, 0.717) is 0 Å². The molecule has 0 fully saturated rings. The Morgan fingerprint density at radius 2 is 1.39 bits per heavy atom. The second-order valence-corrected chi connectivity index (χ2v) is 22.7. The zero-order valence-electron chi connectivity index (χ0n) is 13.6. The summed E-state index contributed by atoms with van der Waals surface area (Å²) < 4.78 is 8.52. The number of hydrogen-bond donors (Lipinski definition) is 0. The highest BCUT2D eigenvalue weighted by Crippen LogP contribution is 2.23. The van der Waals surface area contributed by atoms with Crippen LogP contribution in [0.2, 0.25) is 51.9 Å². The zero-order valence-corrected chi connectivity index (χ0v) is 17.3. The quantitative estimate of drug-likeness (QED) is 0.474. The molecule has 0 aliphatic heterocycles. The minimum absolute atomic E-state index is 0.748. The van der Waals surface area contributed by atoms with E-state index in [1.54, 1.807) is 0 Å². The van der Waals surface area contributed by atoms with Gasteiger partial charge in [-0.05, 0) is 32.5 Å². The Kier molecular flexibility index (Phi) is 7.37. The molecule has 18 heavy (non-hydrogen) atoms. The maximum Gasteiger partial charge on any atom is 0.287 e. The van der Waals surface area contributed by atoms with Crippen molar-refractivity contribution in [2.75, 3.05) is 13.2 Å². The Balaban J connectivity index is 4.39. The molecule has 0 spiro atoms. The molecule has 0 bridgehead atoms. The van der Waals surface area contributed by atoms with Gasteiger partial charge in [0.1, 0.15) is 16.5 Å². The lowest BCUT2D eigenvalue weighted by Crippen LogP contribution is -2.59. The molecule has 0 heterocycles. The lowest BCUT2D eigenvalue weighted by Gasteiger charge is -2.44. The molecule has 6 heteroatoms. The van der Waals surface area contributed by atoms with Crippen molar-refractivity contribution < 1.29 is 4.43 Å². The van der Waals surface area contributed by atoms with Gasteiger partial charge in [-0.1, -0.05) is 39.3 Å². The summed E-state index contributed by atoms with van der Waals surface area (Å²) in [5, 5.41) is 0. The molecule has 1 atom stereocenters. The molecule has 1 unspecified atom stereocenters. The van der Waals surface area contributed by atoms with Crippen LogP contribution in [0.1, 0.15) is 13.3 Å². The van der Waals surface area contributed by atoms with Crippen LogP contribution >= 0.6 is 11.1 Å². The van der Waals surface area contributed by atoms with Gasteiger partial charge in [0, 0.05) is 6.61 Å². The lowest BCUT2D eigenvalue weighted by molar-refractivity contribution is 0.337. The number of nitrogens with zero attached hydrogens (tertiary/aromatic N) is 1. The van der Waals surface area contributed by atoms with Crippen LogP contribution in [0.5, 0.6) is 0 Å². The van der Waals surface area contributed by atoms with Crippen LogP contribution in [0.3, 0.4) is 0 Å². The molecule has 0 saturated heterocycles. The molecule has 0 aromatic carbocycles. The van der Waals surface area contributed by atoms with Crippen LogP contribution in [-0.2, 0) is 4.43 Å². The summed E-state index contributed by atoms with van der Waals surface area (Å²) in [6.07, 6.45) is 1.18. The molecule has 0 rings (SSSR count). The van der Waals surface area contributed by atoms with Crippen molar-refractivity contribution in [1.82, 2.24) is 4.23 Å². The highest BCUT2D eigenvalue weighted by molar-refractivity contribution is 7.16. The van der Waals surface area contributed by atoms with Gasteiger partial charge in [-0.2, -0.15) is 0 Å². The summed E-state index contributed by atoms with van der Waals surface area (Å²) in [5.74, 6) is 0. The van der Waals surface area contributed by atoms with Gasteiger partial charge in [0.25, 0.3) is 7.63 Å². The zero-order chi connectivity index (χ0) is 14.6. The minimum Gasteiger partial charge on any atom is -0.403 e. The standard InChI is InChI=1S/C12H32ClNOSi3/c1-9-15-18(8,13)12-10-11-14(16(2,3)4)17(5,6)7/h9-12H2,1-8H3. The third-order valence-corrected chi connectivity index (χ3v) is 13.8. The SMILES string of the molecule is CCO[Si](C)(Cl)CCCN([Si](C)(C)C)[Si](C)(C)C. The van der Waals surface area contributed by atoms with Crippen molar-refractivity contribution in [3.05, 3.63) is 0 Å². The van der Waals surface area contributed by atoms with Gasteiger partial charge in [-0.15, -0.1) is 11.1 Å². The normalized spacial score (nSPS) is 17.0. The lowest BCUT2D eigenvalue weighted by atomic mass is 10.5. The largest absolute Gasteiger partial charge is 0.403 e. The predicted molar refractivity (Wildman–Crippen MR) is 91.9 cm³/mol.